The Balaban J connectivity index is 1.05. The highest BCUT2D eigenvalue weighted by Crippen LogP contribution is 2.45. The van der Waals surface area contributed by atoms with Gasteiger partial charge in [-0.05, 0) is 100.0 Å². The Morgan fingerprint density at radius 3 is 2.49 bits per heavy atom. The average molecular weight is 481 g/mol. The molecule has 0 aliphatic carbocycles. The first kappa shape index (κ1) is 24.0. The lowest BCUT2D eigenvalue weighted by Gasteiger charge is -2.39. The molecule has 5 rings (SSSR count). The molecule has 2 aromatic carbocycles. The summed E-state index contributed by atoms with van der Waals surface area (Å²) in [5.74, 6) is 0.340. The molecule has 186 valence electrons. The summed E-state index contributed by atoms with van der Waals surface area (Å²) >= 11 is 0. The number of carbonyl (C=O) groups excluding carboxylic acids is 1. The summed E-state index contributed by atoms with van der Waals surface area (Å²) in [4.78, 5) is 16.9. The van der Waals surface area contributed by atoms with Gasteiger partial charge in [0.15, 0.2) is 0 Å². The number of hydrogen-bond donors (Lipinski definition) is 0. The molecule has 0 atom stereocenters. The fourth-order valence-corrected chi connectivity index (χ4v) is 5.85. The van der Waals surface area contributed by atoms with E-state index in [9.17, 15) is 13.6 Å². The van der Waals surface area contributed by atoms with Crippen molar-refractivity contribution < 1.29 is 18.3 Å². The average Bonchev–Trinajstić information content (AvgIpc) is 3.19. The second-order valence-corrected chi connectivity index (χ2v) is 10.5. The predicted molar refractivity (Wildman–Crippen MR) is 133 cm³/mol. The Labute approximate surface area is 206 Å². The van der Waals surface area contributed by atoms with Crippen LogP contribution in [0.3, 0.4) is 0 Å². The Bertz CT molecular complexity index is 1080. The number of rotatable bonds is 5. The molecule has 0 aromatic heterocycles. The van der Waals surface area contributed by atoms with Crippen molar-refractivity contribution in [2.24, 2.45) is 5.92 Å². The number of hydrogen-bond acceptors (Lipinski definition) is 3. The molecule has 3 heterocycles. The normalized spacial score (nSPS) is 20.4. The lowest BCUT2D eigenvalue weighted by molar-refractivity contribution is -0.127. The fourth-order valence-electron chi connectivity index (χ4n) is 5.85. The molecule has 1 amide bonds. The molecule has 35 heavy (non-hydrogen) atoms. The van der Waals surface area contributed by atoms with Crippen molar-refractivity contribution in [1.29, 1.82) is 0 Å². The molecular weight excluding hydrogens is 446 g/mol. The van der Waals surface area contributed by atoms with E-state index in [4.69, 9.17) is 4.74 Å². The van der Waals surface area contributed by atoms with Gasteiger partial charge in [-0.15, -0.1) is 0 Å². The van der Waals surface area contributed by atoms with E-state index in [0.717, 1.165) is 76.8 Å². The first-order chi connectivity index (χ1) is 16.9. The van der Waals surface area contributed by atoms with Gasteiger partial charge in [0, 0.05) is 36.2 Å². The summed E-state index contributed by atoms with van der Waals surface area (Å²) in [6.07, 6.45) is 8.39. The molecule has 6 heteroatoms. The third-order valence-electron chi connectivity index (χ3n) is 8.11. The van der Waals surface area contributed by atoms with Crippen LogP contribution in [0, 0.1) is 24.5 Å². The second kappa shape index (κ2) is 10.1. The second-order valence-electron chi connectivity index (χ2n) is 10.5. The van der Waals surface area contributed by atoms with Gasteiger partial charge in [0.1, 0.15) is 17.4 Å². The topological polar surface area (TPSA) is 32.8 Å². The molecule has 3 aliphatic heterocycles. The largest absolute Gasteiger partial charge is 0.492 e. The summed E-state index contributed by atoms with van der Waals surface area (Å²) < 4.78 is 32.7. The number of carbonyl (C=O) groups is 1. The van der Waals surface area contributed by atoms with Gasteiger partial charge in [0.25, 0.3) is 0 Å². The van der Waals surface area contributed by atoms with E-state index in [1.54, 1.807) is 0 Å². The van der Waals surface area contributed by atoms with Crippen LogP contribution in [0.1, 0.15) is 48.8 Å². The quantitative estimate of drug-likeness (QED) is 0.542. The third-order valence-corrected chi connectivity index (χ3v) is 8.11. The van der Waals surface area contributed by atoms with E-state index in [-0.39, 0.29) is 11.3 Å². The number of ether oxygens (including phenoxy) is 1. The van der Waals surface area contributed by atoms with E-state index >= 15 is 0 Å². The van der Waals surface area contributed by atoms with Crippen molar-refractivity contribution in [3.8, 4) is 5.75 Å². The summed E-state index contributed by atoms with van der Waals surface area (Å²) in [5, 5.41) is 0. The molecule has 3 aliphatic rings. The minimum atomic E-state index is -0.640. The molecule has 0 radical (unpaired) electrons. The van der Waals surface area contributed by atoms with Crippen LogP contribution in [-0.2, 0) is 10.2 Å². The van der Waals surface area contributed by atoms with Crippen LogP contribution in [0.15, 0.2) is 42.5 Å². The van der Waals surface area contributed by atoms with Crippen LogP contribution in [0.4, 0.5) is 8.78 Å². The van der Waals surface area contributed by atoms with Crippen molar-refractivity contribution in [3.63, 3.8) is 0 Å². The SMILES string of the molecule is Cc1ccc2c(c1)OCC21CCN(CCC2CCN(C(=O)/C=C/c3cc(F)cc(F)c3)CC2)CC1. The van der Waals surface area contributed by atoms with Gasteiger partial charge in [0.2, 0.25) is 5.91 Å². The summed E-state index contributed by atoms with van der Waals surface area (Å²) in [5.41, 5.74) is 3.20. The van der Waals surface area contributed by atoms with Crippen LogP contribution in [0.2, 0.25) is 0 Å². The number of aryl methyl sites for hydroxylation is 1. The number of benzene rings is 2. The third kappa shape index (κ3) is 5.43. The van der Waals surface area contributed by atoms with Crippen LogP contribution < -0.4 is 4.74 Å². The standard InChI is InChI=1S/C29H34F2N2O2/c1-21-2-4-26-27(16-21)35-20-29(26)9-14-32(15-10-29)11-6-22-7-12-33(13-8-22)28(34)5-3-23-17-24(30)19-25(31)18-23/h2-5,16-19,22H,6-15,20H2,1H3/b5-3+. The highest BCUT2D eigenvalue weighted by atomic mass is 19.1. The van der Waals surface area contributed by atoms with E-state index in [1.807, 2.05) is 4.90 Å². The Kier molecular flexibility index (Phi) is 6.92. The molecule has 2 fully saturated rings. The van der Waals surface area contributed by atoms with Crippen LogP contribution >= 0.6 is 0 Å². The number of halogens is 2. The van der Waals surface area contributed by atoms with Crippen molar-refractivity contribution in [1.82, 2.24) is 9.80 Å². The molecule has 2 saturated heterocycles. The van der Waals surface area contributed by atoms with Gasteiger partial charge in [-0.2, -0.15) is 0 Å². The molecule has 2 aromatic rings. The highest BCUT2D eigenvalue weighted by molar-refractivity contribution is 5.91. The van der Waals surface area contributed by atoms with Gasteiger partial charge in [-0.25, -0.2) is 8.78 Å². The minimum absolute atomic E-state index is 0.0938. The van der Waals surface area contributed by atoms with Gasteiger partial charge in [-0.3, -0.25) is 4.79 Å². The van der Waals surface area contributed by atoms with Crippen molar-refractivity contribution in [2.45, 2.75) is 44.4 Å². The van der Waals surface area contributed by atoms with Crippen LogP contribution in [0.5, 0.6) is 5.75 Å². The maximum absolute atomic E-state index is 13.3. The summed E-state index contributed by atoms with van der Waals surface area (Å²) in [7, 11) is 0. The maximum atomic E-state index is 13.3. The van der Waals surface area contributed by atoms with E-state index in [2.05, 4.69) is 30.0 Å². The maximum Gasteiger partial charge on any atom is 0.246 e. The lowest BCUT2D eigenvalue weighted by Crippen LogP contribution is -2.44. The van der Waals surface area contributed by atoms with Crippen LogP contribution in [0.25, 0.3) is 6.08 Å². The van der Waals surface area contributed by atoms with Gasteiger partial charge in [0.05, 0.1) is 6.61 Å². The zero-order valence-electron chi connectivity index (χ0n) is 20.4. The highest BCUT2D eigenvalue weighted by Gasteiger charge is 2.42. The zero-order chi connectivity index (χ0) is 24.4. The monoisotopic (exact) mass is 480 g/mol. The minimum Gasteiger partial charge on any atom is -0.492 e. The molecule has 0 unspecified atom stereocenters. The number of nitrogens with zero attached hydrogens (tertiary/aromatic N) is 2. The molecule has 4 nitrogen and oxygen atoms in total. The summed E-state index contributed by atoms with van der Waals surface area (Å²) in [6.45, 7) is 7.74. The molecular formula is C29H34F2N2O2. The number of amides is 1. The number of likely N-dealkylation sites (tertiary alicyclic amines) is 2. The lowest BCUT2D eigenvalue weighted by atomic mass is 9.74. The first-order valence-electron chi connectivity index (χ1n) is 12.8. The summed E-state index contributed by atoms with van der Waals surface area (Å²) in [6, 6.07) is 9.92. The fraction of sp³-hybridized carbons (Fsp3) is 0.483. The Hall–Kier alpha value is -2.73. The zero-order valence-corrected chi connectivity index (χ0v) is 20.4. The van der Waals surface area contributed by atoms with Gasteiger partial charge >= 0.3 is 0 Å². The molecule has 0 saturated carbocycles. The van der Waals surface area contributed by atoms with Crippen LogP contribution in [-0.4, -0.2) is 55.0 Å². The Morgan fingerprint density at radius 1 is 1.06 bits per heavy atom. The van der Waals surface area contributed by atoms with Crippen molar-refractivity contribution in [3.05, 3.63) is 70.8 Å². The first-order valence-corrected chi connectivity index (χ1v) is 12.8. The van der Waals surface area contributed by atoms with Crippen molar-refractivity contribution in [2.75, 3.05) is 39.3 Å². The molecule has 0 bridgehead atoms. The van der Waals surface area contributed by atoms with Crippen molar-refractivity contribution >= 4 is 12.0 Å². The predicted octanol–water partition coefficient (Wildman–Crippen LogP) is 5.34. The van der Waals surface area contributed by atoms with E-state index in [0.29, 0.717) is 11.5 Å². The van der Waals surface area contributed by atoms with Gasteiger partial charge < -0.3 is 14.5 Å². The molecule has 0 N–H and O–H groups in total. The van der Waals surface area contributed by atoms with E-state index < -0.39 is 11.6 Å². The van der Waals surface area contributed by atoms with E-state index in [1.165, 1.54) is 41.8 Å². The van der Waals surface area contributed by atoms with Gasteiger partial charge in [-0.1, -0.05) is 12.1 Å². The Morgan fingerprint density at radius 2 is 1.77 bits per heavy atom. The smallest absolute Gasteiger partial charge is 0.246 e. The molecule has 1 spiro atoms. The number of fused-ring (bicyclic) bond motifs is 2. The number of piperidine rings is 2.